The van der Waals surface area contributed by atoms with Crippen molar-refractivity contribution < 1.29 is 9.47 Å². The van der Waals surface area contributed by atoms with E-state index in [-0.39, 0.29) is 0 Å². The lowest BCUT2D eigenvalue weighted by Gasteiger charge is -1.31. The van der Waals surface area contributed by atoms with Crippen LogP contribution in [0.5, 0.6) is 0 Å². The number of epoxide rings is 2. The van der Waals surface area contributed by atoms with Crippen LogP contribution in [0.3, 0.4) is 0 Å². The highest BCUT2D eigenvalue weighted by Gasteiger charge is 1.94. The summed E-state index contributed by atoms with van der Waals surface area (Å²) in [6, 6.07) is 0. The van der Waals surface area contributed by atoms with Crippen molar-refractivity contribution >= 4 is 0 Å². The summed E-state index contributed by atoms with van der Waals surface area (Å²) in [4.78, 5) is 0. The van der Waals surface area contributed by atoms with Crippen LogP contribution in [0, 0.1) is 0 Å². The summed E-state index contributed by atoms with van der Waals surface area (Å²) in [6.07, 6.45) is 1.75. The van der Waals surface area contributed by atoms with Crippen molar-refractivity contribution in [3.8, 4) is 0 Å². The third-order valence-electron chi connectivity index (χ3n) is 0.408. The van der Waals surface area contributed by atoms with Gasteiger partial charge >= 0.3 is 0 Å². The van der Waals surface area contributed by atoms with E-state index in [0.29, 0.717) is 0 Å². The Morgan fingerprint density at radius 2 is 1.22 bits per heavy atom. The van der Waals surface area contributed by atoms with Crippen molar-refractivity contribution in [3.05, 3.63) is 12.7 Å². The van der Waals surface area contributed by atoms with Gasteiger partial charge in [-0.05, 0) is 6.92 Å². The minimum Gasteiger partial charge on any atom is -0.377 e. The van der Waals surface area contributed by atoms with Gasteiger partial charge in [-0.15, -0.1) is 6.58 Å². The third kappa shape index (κ3) is 89.1. The number of rotatable bonds is 0. The molecule has 0 unspecified atom stereocenters. The summed E-state index contributed by atoms with van der Waals surface area (Å²) in [7, 11) is 0. The molecule has 0 atom stereocenters. The molecule has 9 heavy (non-hydrogen) atoms. The van der Waals surface area contributed by atoms with Crippen molar-refractivity contribution in [2.45, 2.75) is 6.92 Å². The molecule has 2 rings (SSSR count). The lowest BCUT2D eigenvalue weighted by Crippen LogP contribution is -1.20. The van der Waals surface area contributed by atoms with Gasteiger partial charge in [0.15, 0.2) is 0 Å². The van der Waals surface area contributed by atoms with Gasteiger partial charge in [-0.25, -0.2) is 0 Å². The maximum Gasteiger partial charge on any atom is 0.0701 e. The van der Waals surface area contributed by atoms with E-state index in [1.807, 2.05) is 6.92 Å². The highest BCUT2D eigenvalue weighted by molar-refractivity contribution is 4.51. The van der Waals surface area contributed by atoms with E-state index in [2.05, 4.69) is 16.1 Å². The van der Waals surface area contributed by atoms with Gasteiger partial charge in [0.2, 0.25) is 0 Å². The predicted octanol–water partition coefficient (Wildman–Crippen LogP) is 1.23. The van der Waals surface area contributed by atoms with Crippen LogP contribution < -0.4 is 0 Å². The van der Waals surface area contributed by atoms with E-state index in [4.69, 9.17) is 0 Å². The highest BCUT2D eigenvalue weighted by Crippen LogP contribution is 1.85. The lowest BCUT2D eigenvalue weighted by molar-refractivity contribution is 0.475. The first-order valence-corrected chi connectivity index (χ1v) is 3.14. The van der Waals surface area contributed by atoms with Crippen LogP contribution in [-0.2, 0) is 9.47 Å². The fourth-order valence-electron chi connectivity index (χ4n) is 0. The quantitative estimate of drug-likeness (QED) is 0.364. The van der Waals surface area contributed by atoms with Crippen molar-refractivity contribution in [1.82, 2.24) is 0 Å². The molecule has 2 saturated heterocycles. The Kier molecular flexibility index (Phi) is 7.37. The first kappa shape index (κ1) is 8.66. The molecule has 0 saturated carbocycles. The standard InChI is InChI=1S/C3H6.2C2H4O/c1-3-2;2*1-2-3-1/h3H,1H2,2H3;2*1-2H2. The summed E-state index contributed by atoms with van der Waals surface area (Å²) < 4.78 is 9.00. The molecule has 0 amide bonds. The average Bonchev–Trinajstić information content (AvgIpc) is 2.66. The molecule has 2 fully saturated rings. The van der Waals surface area contributed by atoms with Crippen LogP contribution in [0.4, 0.5) is 0 Å². The second-order valence-corrected chi connectivity index (χ2v) is 1.63. The van der Waals surface area contributed by atoms with Gasteiger partial charge < -0.3 is 9.47 Å². The van der Waals surface area contributed by atoms with E-state index in [1.165, 1.54) is 0 Å². The second-order valence-electron chi connectivity index (χ2n) is 1.63. The van der Waals surface area contributed by atoms with Gasteiger partial charge in [0.05, 0.1) is 26.4 Å². The monoisotopic (exact) mass is 130 g/mol. The van der Waals surface area contributed by atoms with Crippen molar-refractivity contribution in [3.63, 3.8) is 0 Å². The number of ether oxygens (including phenoxy) is 2. The van der Waals surface area contributed by atoms with E-state index in [9.17, 15) is 0 Å². The molecule has 0 aliphatic carbocycles. The van der Waals surface area contributed by atoms with E-state index in [0.717, 1.165) is 26.4 Å². The topological polar surface area (TPSA) is 25.1 Å². The summed E-state index contributed by atoms with van der Waals surface area (Å²) in [5.41, 5.74) is 0. The van der Waals surface area contributed by atoms with Crippen LogP contribution in [0.15, 0.2) is 12.7 Å². The molecule has 0 spiro atoms. The van der Waals surface area contributed by atoms with Gasteiger partial charge in [0.25, 0.3) is 0 Å². The van der Waals surface area contributed by atoms with E-state index < -0.39 is 0 Å². The van der Waals surface area contributed by atoms with Crippen LogP contribution >= 0.6 is 0 Å². The second kappa shape index (κ2) is 7.66. The predicted molar refractivity (Wildman–Crippen MR) is 37.5 cm³/mol. The first-order chi connectivity index (χ1) is 4.41. The van der Waals surface area contributed by atoms with Crippen LogP contribution in [0.25, 0.3) is 0 Å². The van der Waals surface area contributed by atoms with Crippen molar-refractivity contribution in [2.75, 3.05) is 26.4 Å². The molecule has 0 aromatic rings. The lowest BCUT2D eigenvalue weighted by atomic mass is 10.8. The molecule has 0 bridgehead atoms. The largest absolute Gasteiger partial charge is 0.377 e. The highest BCUT2D eigenvalue weighted by atomic mass is 16.6. The summed E-state index contributed by atoms with van der Waals surface area (Å²) in [5, 5.41) is 0. The maximum absolute atomic E-state index is 4.50. The van der Waals surface area contributed by atoms with Crippen LogP contribution in [0.1, 0.15) is 6.92 Å². The zero-order valence-electron chi connectivity index (χ0n) is 5.93. The van der Waals surface area contributed by atoms with Gasteiger partial charge in [-0.3, -0.25) is 0 Å². The Hall–Kier alpha value is -0.340. The number of hydrogen-bond acceptors (Lipinski definition) is 2. The molecule has 0 radical (unpaired) electrons. The Morgan fingerprint density at radius 3 is 1.22 bits per heavy atom. The zero-order chi connectivity index (χ0) is 6.95. The summed E-state index contributed by atoms with van der Waals surface area (Å²) in [5.74, 6) is 0. The minimum absolute atomic E-state index is 1.00. The minimum atomic E-state index is 1.00. The smallest absolute Gasteiger partial charge is 0.0701 e. The summed E-state index contributed by atoms with van der Waals surface area (Å²) >= 11 is 0. The molecule has 2 heteroatoms. The average molecular weight is 130 g/mol. The van der Waals surface area contributed by atoms with Gasteiger partial charge in [0, 0.05) is 0 Å². The Labute approximate surface area is 56.5 Å². The Morgan fingerprint density at radius 1 is 1.11 bits per heavy atom. The van der Waals surface area contributed by atoms with Crippen LogP contribution in [-0.4, -0.2) is 26.4 Å². The molecule has 2 nitrogen and oxygen atoms in total. The van der Waals surface area contributed by atoms with Crippen molar-refractivity contribution in [1.29, 1.82) is 0 Å². The first-order valence-electron chi connectivity index (χ1n) is 3.14. The number of allylic oxidation sites excluding steroid dienone is 1. The molecule has 0 N–H and O–H groups in total. The van der Waals surface area contributed by atoms with E-state index in [1.54, 1.807) is 6.08 Å². The third-order valence-corrected chi connectivity index (χ3v) is 0.408. The van der Waals surface area contributed by atoms with Gasteiger partial charge in [-0.1, -0.05) is 6.08 Å². The normalized spacial score (nSPS) is 17.4. The molecule has 0 aromatic heterocycles. The van der Waals surface area contributed by atoms with Crippen molar-refractivity contribution in [2.24, 2.45) is 0 Å². The molecule has 54 valence electrons. The van der Waals surface area contributed by atoms with Gasteiger partial charge in [-0.2, -0.15) is 0 Å². The molecular weight excluding hydrogens is 116 g/mol. The summed E-state index contributed by atoms with van der Waals surface area (Å²) in [6.45, 7) is 9.25. The Bertz CT molecular complexity index is 46.4. The molecular formula is C7H14O2. The molecule has 2 heterocycles. The SMILES string of the molecule is C1CO1.C1CO1.C=CC. The number of hydrogen-bond donors (Lipinski definition) is 0. The van der Waals surface area contributed by atoms with Crippen LogP contribution in [0.2, 0.25) is 0 Å². The van der Waals surface area contributed by atoms with E-state index >= 15 is 0 Å². The van der Waals surface area contributed by atoms with Gasteiger partial charge in [0.1, 0.15) is 0 Å². The fourth-order valence-corrected chi connectivity index (χ4v) is 0. The molecule has 0 aromatic carbocycles. The maximum atomic E-state index is 4.50. The molecule has 2 aliphatic heterocycles. The fraction of sp³-hybridized carbons (Fsp3) is 0.714. The Balaban J connectivity index is 0.000000107. The molecule has 2 aliphatic rings. The zero-order valence-corrected chi connectivity index (χ0v) is 5.93.